The predicted molar refractivity (Wildman–Crippen MR) is 134 cm³/mol. The van der Waals surface area contributed by atoms with Crippen molar-refractivity contribution in [3.63, 3.8) is 0 Å². The highest BCUT2D eigenvalue weighted by atomic mass is 35.5. The van der Waals surface area contributed by atoms with Crippen molar-refractivity contribution in [2.75, 3.05) is 6.61 Å². The van der Waals surface area contributed by atoms with Crippen LogP contribution in [0.2, 0.25) is 10.0 Å². The van der Waals surface area contributed by atoms with Gasteiger partial charge in [-0.05, 0) is 66.1 Å². The highest BCUT2D eigenvalue weighted by molar-refractivity contribution is 7.21. The molecule has 5 aromatic rings. The van der Waals surface area contributed by atoms with Crippen molar-refractivity contribution < 1.29 is 9.53 Å². The van der Waals surface area contributed by atoms with E-state index in [0.29, 0.717) is 21.5 Å². The van der Waals surface area contributed by atoms with E-state index < -0.39 is 0 Å². The minimum Gasteiger partial charge on any atom is -0.462 e. The van der Waals surface area contributed by atoms with E-state index in [9.17, 15) is 4.79 Å². The zero-order valence-electron chi connectivity index (χ0n) is 17.1. The third kappa shape index (κ3) is 3.86. The molecule has 0 bridgehead atoms. The number of benzene rings is 3. The standard InChI is InChI=1S/C26H17Cl2NO2S/c1-2-31-26(30)23-13-18-14-29-24-21(16-5-9-20(28)10-6-16)11-17(12-22(24)25(18)32-23)15-3-7-19(27)8-4-15/h3-14H,2H2,1H3. The number of carbonyl (C=O) groups excluding carboxylic acids is 1. The predicted octanol–water partition coefficient (Wildman–Crippen LogP) is 8.27. The zero-order chi connectivity index (χ0) is 22.2. The minimum absolute atomic E-state index is 0.311. The van der Waals surface area contributed by atoms with Crippen LogP contribution in [0.5, 0.6) is 0 Å². The lowest BCUT2D eigenvalue weighted by atomic mass is 9.95. The molecular formula is C26H17Cl2NO2S. The van der Waals surface area contributed by atoms with Crippen molar-refractivity contribution in [1.82, 2.24) is 4.98 Å². The molecule has 6 heteroatoms. The summed E-state index contributed by atoms with van der Waals surface area (Å²) < 4.78 is 6.21. The van der Waals surface area contributed by atoms with Crippen LogP contribution in [0.1, 0.15) is 16.6 Å². The second kappa shape index (κ2) is 8.55. The van der Waals surface area contributed by atoms with E-state index >= 15 is 0 Å². The molecule has 3 nitrogen and oxygen atoms in total. The van der Waals surface area contributed by atoms with Crippen LogP contribution >= 0.6 is 34.5 Å². The maximum Gasteiger partial charge on any atom is 0.348 e. The number of thiophene rings is 1. The zero-order valence-corrected chi connectivity index (χ0v) is 19.4. The molecule has 0 saturated carbocycles. The van der Waals surface area contributed by atoms with Crippen LogP contribution in [0.25, 0.3) is 43.2 Å². The van der Waals surface area contributed by atoms with Crippen LogP contribution in [0.4, 0.5) is 0 Å². The van der Waals surface area contributed by atoms with Crippen LogP contribution in [-0.2, 0) is 4.74 Å². The maximum atomic E-state index is 12.3. The van der Waals surface area contributed by atoms with Crippen molar-refractivity contribution in [3.8, 4) is 22.3 Å². The van der Waals surface area contributed by atoms with Gasteiger partial charge < -0.3 is 4.74 Å². The van der Waals surface area contributed by atoms with E-state index in [4.69, 9.17) is 32.9 Å². The molecule has 0 spiro atoms. The number of carbonyl (C=O) groups is 1. The topological polar surface area (TPSA) is 39.2 Å². The van der Waals surface area contributed by atoms with Gasteiger partial charge in [0.25, 0.3) is 0 Å². The molecule has 158 valence electrons. The fraction of sp³-hybridized carbons (Fsp3) is 0.0769. The highest BCUT2D eigenvalue weighted by Gasteiger charge is 2.17. The first-order valence-corrected chi connectivity index (χ1v) is 11.7. The average molecular weight is 478 g/mol. The summed E-state index contributed by atoms with van der Waals surface area (Å²) in [5, 5.41) is 3.27. The lowest BCUT2D eigenvalue weighted by molar-refractivity contribution is 0.0532. The molecule has 0 N–H and O–H groups in total. The van der Waals surface area contributed by atoms with Gasteiger partial charge in [-0.1, -0.05) is 47.5 Å². The van der Waals surface area contributed by atoms with Gasteiger partial charge in [0.15, 0.2) is 0 Å². The number of aromatic nitrogens is 1. The fourth-order valence-corrected chi connectivity index (χ4v) is 5.05. The van der Waals surface area contributed by atoms with Gasteiger partial charge >= 0.3 is 5.97 Å². The molecule has 2 heterocycles. The number of nitrogens with zero attached hydrogens (tertiary/aromatic N) is 1. The number of esters is 1. The molecule has 0 aliphatic heterocycles. The Labute approximate surface area is 199 Å². The number of rotatable bonds is 4. The van der Waals surface area contributed by atoms with Crippen molar-refractivity contribution >= 4 is 61.5 Å². The van der Waals surface area contributed by atoms with Gasteiger partial charge in [-0.25, -0.2) is 4.79 Å². The average Bonchev–Trinajstić information content (AvgIpc) is 3.25. The van der Waals surface area contributed by atoms with Gasteiger partial charge in [0.2, 0.25) is 0 Å². The molecule has 0 unspecified atom stereocenters. The summed E-state index contributed by atoms with van der Waals surface area (Å²) in [6.45, 7) is 2.15. The van der Waals surface area contributed by atoms with Gasteiger partial charge in [-0.3, -0.25) is 4.98 Å². The van der Waals surface area contributed by atoms with Crippen molar-refractivity contribution in [3.05, 3.63) is 87.8 Å². The monoisotopic (exact) mass is 477 g/mol. The molecule has 5 rings (SSSR count). The Bertz CT molecular complexity index is 1460. The number of halogens is 2. The molecule has 0 fully saturated rings. The number of hydrogen-bond donors (Lipinski definition) is 0. The van der Waals surface area contributed by atoms with Crippen LogP contribution in [0, 0.1) is 0 Å². The second-order valence-electron chi connectivity index (χ2n) is 7.31. The Morgan fingerprint density at radius 1 is 0.906 bits per heavy atom. The summed E-state index contributed by atoms with van der Waals surface area (Å²) in [5.41, 5.74) is 4.97. The Morgan fingerprint density at radius 2 is 1.56 bits per heavy atom. The van der Waals surface area contributed by atoms with Gasteiger partial charge in [-0.2, -0.15) is 0 Å². The molecule has 2 aromatic heterocycles. The lowest BCUT2D eigenvalue weighted by Crippen LogP contribution is -2.01. The Kier molecular flexibility index (Phi) is 5.60. The lowest BCUT2D eigenvalue weighted by Gasteiger charge is -2.11. The SMILES string of the molecule is CCOC(=O)c1cc2cnc3c(-c4ccc(Cl)cc4)cc(-c4ccc(Cl)cc4)cc3c2s1. The molecule has 0 aliphatic carbocycles. The summed E-state index contributed by atoms with van der Waals surface area (Å²) in [7, 11) is 0. The number of hydrogen-bond acceptors (Lipinski definition) is 4. The maximum absolute atomic E-state index is 12.3. The summed E-state index contributed by atoms with van der Waals surface area (Å²) in [4.78, 5) is 17.7. The van der Waals surface area contributed by atoms with Crippen LogP contribution in [0.3, 0.4) is 0 Å². The van der Waals surface area contributed by atoms with Crippen LogP contribution in [0.15, 0.2) is 72.9 Å². The van der Waals surface area contributed by atoms with E-state index in [0.717, 1.165) is 43.2 Å². The third-order valence-electron chi connectivity index (χ3n) is 5.26. The molecule has 0 amide bonds. The highest BCUT2D eigenvalue weighted by Crippen LogP contribution is 2.39. The summed E-state index contributed by atoms with van der Waals surface area (Å²) in [6, 6.07) is 21.6. The smallest absolute Gasteiger partial charge is 0.348 e. The van der Waals surface area contributed by atoms with E-state index in [2.05, 4.69) is 12.1 Å². The number of ether oxygens (including phenoxy) is 1. The Hall–Kier alpha value is -2.92. The third-order valence-corrected chi connectivity index (χ3v) is 6.93. The van der Waals surface area contributed by atoms with E-state index in [1.807, 2.05) is 60.8 Å². The molecule has 3 aromatic carbocycles. The number of fused-ring (bicyclic) bond motifs is 3. The first kappa shape index (κ1) is 21.0. The van der Waals surface area contributed by atoms with Gasteiger partial charge in [0.05, 0.1) is 12.1 Å². The first-order chi connectivity index (χ1) is 15.5. The molecular weight excluding hydrogens is 461 g/mol. The molecule has 0 radical (unpaired) electrons. The van der Waals surface area contributed by atoms with Crippen molar-refractivity contribution in [1.29, 1.82) is 0 Å². The molecule has 0 saturated heterocycles. The van der Waals surface area contributed by atoms with Crippen molar-refractivity contribution in [2.24, 2.45) is 0 Å². The van der Waals surface area contributed by atoms with E-state index in [1.54, 1.807) is 6.92 Å². The molecule has 0 aliphatic rings. The van der Waals surface area contributed by atoms with Crippen molar-refractivity contribution in [2.45, 2.75) is 6.92 Å². The van der Waals surface area contributed by atoms with Crippen LogP contribution in [-0.4, -0.2) is 17.6 Å². The Balaban J connectivity index is 1.80. The summed E-state index contributed by atoms with van der Waals surface area (Å²) in [5.74, 6) is -0.311. The van der Waals surface area contributed by atoms with Gasteiger partial charge in [0, 0.05) is 37.3 Å². The normalized spacial score (nSPS) is 11.2. The molecule has 0 atom stereocenters. The second-order valence-corrected chi connectivity index (χ2v) is 9.23. The van der Waals surface area contributed by atoms with E-state index in [-0.39, 0.29) is 5.97 Å². The quantitative estimate of drug-likeness (QED) is 0.244. The summed E-state index contributed by atoms with van der Waals surface area (Å²) in [6.07, 6.45) is 1.82. The summed E-state index contributed by atoms with van der Waals surface area (Å²) >= 11 is 13.7. The first-order valence-electron chi connectivity index (χ1n) is 10.1. The molecule has 32 heavy (non-hydrogen) atoms. The van der Waals surface area contributed by atoms with Crippen LogP contribution < -0.4 is 0 Å². The largest absolute Gasteiger partial charge is 0.462 e. The number of pyridine rings is 1. The minimum atomic E-state index is -0.311. The fourth-order valence-electron chi connectivity index (χ4n) is 3.75. The Morgan fingerprint density at radius 3 is 2.22 bits per heavy atom. The van der Waals surface area contributed by atoms with E-state index in [1.165, 1.54) is 11.3 Å². The van der Waals surface area contributed by atoms with Gasteiger partial charge in [-0.15, -0.1) is 11.3 Å². The van der Waals surface area contributed by atoms with Gasteiger partial charge in [0.1, 0.15) is 4.88 Å².